The molecule has 0 unspecified atom stereocenters. The molecule has 0 aromatic carbocycles. The number of alkyl halides is 3. The molecule has 0 aliphatic carbocycles. The Morgan fingerprint density at radius 3 is 2.50 bits per heavy atom. The average Bonchev–Trinajstić information content (AvgIpc) is 3.09. The fraction of sp³-hybridized carbons (Fsp3) is 0.529. The molecule has 0 radical (unpaired) electrons. The van der Waals surface area contributed by atoms with E-state index in [0.717, 1.165) is 43.6 Å². The van der Waals surface area contributed by atoms with E-state index >= 15 is 0 Å². The first-order chi connectivity index (χ1) is 13.3. The molecule has 11 heteroatoms. The van der Waals surface area contributed by atoms with Gasteiger partial charge in [-0.3, -0.25) is 14.4 Å². The summed E-state index contributed by atoms with van der Waals surface area (Å²) in [6, 6.07) is 1.78. The van der Waals surface area contributed by atoms with Gasteiger partial charge in [-0.1, -0.05) is 0 Å². The lowest BCUT2D eigenvalue weighted by Gasteiger charge is -2.34. The van der Waals surface area contributed by atoms with E-state index < -0.39 is 23.3 Å². The highest BCUT2D eigenvalue weighted by atomic mass is 19.4. The molecule has 28 heavy (non-hydrogen) atoms. The van der Waals surface area contributed by atoms with E-state index in [1.165, 1.54) is 7.05 Å². The van der Waals surface area contributed by atoms with Gasteiger partial charge in [0.1, 0.15) is 0 Å². The summed E-state index contributed by atoms with van der Waals surface area (Å²) in [5.41, 5.74) is -1.61. The number of anilines is 1. The molecule has 0 bridgehead atoms. The van der Waals surface area contributed by atoms with Crippen LogP contribution in [-0.2, 0) is 13.2 Å². The lowest BCUT2D eigenvalue weighted by Crippen LogP contribution is -2.47. The molecule has 1 N–H and O–H groups in total. The number of aromatic nitrogens is 4. The standard InChI is InChI=1S/C17H22F3N7O/c1-25-12-13(14(24-25)17(18,19)20)15(28)21-6-3-7-26-8-10-27(11-9-26)16-22-4-2-5-23-16/h2,4-5,12H,3,6-11H2,1H3,(H,21,28). The summed E-state index contributed by atoms with van der Waals surface area (Å²) < 4.78 is 39.8. The molecule has 3 heterocycles. The van der Waals surface area contributed by atoms with Crippen LogP contribution in [0.4, 0.5) is 19.1 Å². The minimum Gasteiger partial charge on any atom is -0.352 e. The van der Waals surface area contributed by atoms with Gasteiger partial charge in [-0.05, 0) is 19.0 Å². The van der Waals surface area contributed by atoms with Crippen LogP contribution in [0.5, 0.6) is 0 Å². The first-order valence-electron chi connectivity index (χ1n) is 8.98. The molecule has 2 aromatic heterocycles. The number of hydrogen-bond acceptors (Lipinski definition) is 6. The van der Waals surface area contributed by atoms with E-state index in [-0.39, 0.29) is 0 Å². The van der Waals surface area contributed by atoms with Crippen LogP contribution in [0.25, 0.3) is 0 Å². The second kappa shape index (κ2) is 8.55. The SMILES string of the molecule is Cn1cc(C(=O)NCCCN2CCN(c3ncccn3)CC2)c(C(F)(F)F)n1. The zero-order valence-corrected chi connectivity index (χ0v) is 15.5. The van der Waals surface area contributed by atoms with Gasteiger partial charge in [0.05, 0.1) is 5.56 Å². The highest BCUT2D eigenvalue weighted by Gasteiger charge is 2.38. The van der Waals surface area contributed by atoms with Crippen LogP contribution in [0.3, 0.4) is 0 Å². The lowest BCUT2D eigenvalue weighted by atomic mass is 10.2. The molecule has 0 spiro atoms. The predicted molar refractivity (Wildman–Crippen MR) is 95.8 cm³/mol. The number of nitrogens with zero attached hydrogens (tertiary/aromatic N) is 6. The molecule has 1 aliphatic heterocycles. The summed E-state index contributed by atoms with van der Waals surface area (Å²) >= 11 is 0. The number of carbonyl (C=O) groups excluding carboxylic acids is 1. The van der Waals surface area contributed by atoms with E-state index in [1.54, 1.807) is 18.5 Å². The van der Waals surface area contributed by atoms with Crippen LogP contribution in [0.1, 0.15) is 22.5 Å². The van der Waals surface area contributed by atoms with Gasteiger partial charge >= 0.3 is 6.18 Å². The molecule has 1 fully saturated rings. The normalized spacial score (nSPS) is 15.6. The zero-order chi connectivity index (χ0) is 20.1. The Labute approximate surface area is 160 Å². The zero-order valence-electron chi connectivity index (χ0n) is 15.5. The van der Waals surface area contributed by atoms with Gasteiger partial charge in [0.25, 0.3) is 5.91 Å². The molecule has 0 saturated carbocycles. The van der Waals surface area contributed by atoms with Crippen molar-refractivity contribution in [3.05, 3.63) is 35.9 Å². The first kappa shape index (κ1) is 20.1. The molecule has 152 valence electrons. The largest absolute Gasteiger partial charge is 0.435 e. The van der Waals surface area contributed by atoms with E-state index in [9.17, 15) is 18.0 Å². The summed E-state index contributed by atoms with van der Waals surface area (Å²) in [4.78, 5) is 24.9. The molecule has 1 saturated heterocycles. The Kier molecular flexibility index (Phi) is 6.12. The van der Waals surface area contributed by atoms with E-state index in [2.05, 4.69) is 30.2 Å². The number of carbonyl (C=O) groups is 1. The highest BCUT2D eigenvalue weighted by molar-refractivity contribution is 5.95. The van der Waals surface area contributed by atoms with Crippen molar-refractivity contribution >= 4 is 11.9 Å². The Balaban J connectivity index is 1.40. The van der Waals surface area contributed by atoms with Crippen molar-refractivity contribution in [2.45, 2.75) is 12.6 Å². The van der Waals surface area contributed by atoms with Crippen LogP contribution in [-0.4, -0.2) is 69.8 Å². The maximum atomic E-state index is 12.9. The number of rotatable bonds is 6. The smallest absolute Gasteiger partial charge is 0.352 e. The van der Waals surface area contributed by atoms with Gasteiger partial charge in [0.15, 0.2) is 5.69 Å². The molecule has 8 nitrogen and oxygen atoms in total. The van der Waals surface area contributed by atoms with Gasteiger partial charge in [-0.15, -0.1) is 0 Å². The summed E-state index contributed by atoms with van der Waals surface area (Å²) in [6.07, 6.45) is 0.502. The summed E-state index contributed by atoms with van der Waals surface area (Å²) in [7, 11) is 1.35. The number of halogens is 3. The Hall–Kier alpha value is -2.69. The van der Waals surface area contributed by atoms with Gasteiger partial charge in [0.2, 0.25) is 5.95 Å². The number of nitrogens with one attached hydrogen (secondary N) is 1. The van der Waals surface area contributed by atoms with Crippen LogP contribution < -0.4 is 10.2 Å². The summed E-state index contributed by atoms with van der Waals surface area (Å²) in [5.74, 6) is -0.0437. The van der Waals surface area contributed by atoms with Crippen molar-refractivity contribution < 1.29 is 18.0 Å². The quantitative estimate of drug-likeness (QED) is 0.738. The third-order valence-corrected chi connectivity index (χ3v) is 4.49. The van der Waals surface area contributed by atoms with E-state index in [0.29, 0.717) is 18.9 Å². The minimum absolute atomic E-state index is 0.299. The minimum atomic E-state index is -4.66. The Morgan fingerprint density at radius 1 is 1.18 bits per heavy atom. The molecular formula is C17H22F3N7O. The number of hydrogen-bond donors (Lipinski definition) is 1. The van der Waals surface area contributed by atoms with Crippen LogP contribution in [0, 0.1) is 0 Å². The van der Waals surface area contributed by atoms with Crippen LogP contribution in [0.2, 0.25) is 0 Å². The fourth-order valence-corrected chi connectivity index (χ4v) is 3.09. The Morgan fingerprint density at radius 2 is 1.86 bits per heavy atom. The van der Waals surface area contributed by atoms with E-state index in [4.69, 9.17) is 0 Å². The Bertz CT molecular complexity index is 786. The van der Waals surface area contributed by atoms with Gasteiger partial charge in [-0.25, -0.2) is 9.97 Å². The van der Waals surface area contributed by atoms with Crippen molar-refractivity contribution in [3.8, 4) is 0 Å². The van der Waals surface area contributed by atoms with Crippen LogP contribution >= 0.6 is 0 Å². The second-order valence-electron chi connectivity index (χ2n) is 6.55. The second-order valence-corrected chi connectivity index (χ2v) is 6.55. The van der Waals surface area contributed by atoms with E-state index in [1.807, 2.05) is 0 Å². The fourth-order valence-electron chi connectivity index (χ4n) is 3.09. The molecule has 2 aromatic rings. The van der Waals surface area contributed by atoms with Crippen molar-refractivity contribution in [1.29, 1.82) is 0 Å². The van der Waals surface area contributed by atoms with Crippen LogP contribution in [0.15, 0.2) is 24.7 Å². The van der Waals surface area contributed by atoms with Crippen molar-refractivity contribution in [1.82, 2.24) is 30.0 Å². The third-order valence-electron chi connectivity index (χ3n) is 4.49. The average molecular weight is 397 g/mol. The predicted octanol–water partition coefficient (Wildman–Crippen LogP) is 1.17. The number of piperazine rings is 1. The molecule has 1 amide bonds. The summed E-state index contributed by atoms with van der Waals surface area (Å²) in [6.45, 7) is 4.35. The summed E-state index contributed by atoms with van der Waals surface area (Å²) in [5, 5.41) is 5.89. The number of aryl methyl sites for hydroxylation is 1. The van der Waals surface area contributed by atoms with Crippen molar-refractivity contribution in [2.24, 2.45) is 7.05 Å². The van der Waals surface area contributed by atoms with Gasteiger partial charge in [0, 0.05) is 58.4 Å². The maximum Gasteiger partial charge on any atom is 0.435 e. The molecule has 3 rings (SSSR count). The number of amides is 1. The maximum absolute atomic E-state index is 12.9. The van der Waals surface area contributed by atoms with Gasteiger partial charge in [-0.2, -0.15) is 18.3 Å². The first-order valence-corrected chi connectivity index (χ1v) is 8.98. The topological polar surface area (TPSA) is 79.2 Å². The third kappa shape index (κ3) is 4.97. The molecular weight excluding hydrogens is 375 g/mol. The molecule has 1 aliphatic rings. The highest BCUT2D eigenvalue weighted by Crippen LogP contribution is 2.30. The molecule has 0 atom stereocenters. The monoisotopic (exact) mass is 397 g/mol. The van der Waals surface area contributed by atoms with Crippen molar-refractivity contribution in [2.75, 3.05) is 44.2 Å². The van der Waals surface area contributed by atoms with Gasteiger partial charge < -0.3 is 10.2 Å². The lowest BCUT2D eigenvalue weighted by molar-refractivity contribution is -0.141. The van der Waals surface area contributed by atoms with Crippen molar-refractivity contribution in [3.63, 3.8) is 0 Å².